The second-order valence-electron chi connectivity index (χ2n) is 5.54. The van der Waals surface area contributed by atoms with Gasteiger partial charge >= 0.3 is 0 Å². The second-order valence-corrected chi connectivity index (χ2v) is 5.54. The number of hydrogen-bond acceptors (Lipinski definition) is 1. The van der Waals surface area contributed by atoms with E-state index < -0.39 is 0 Å². The quantitative estimate of drug-likeness (QED) is 0.719. The van der Waals surface area contributed by atoms with E-state index in [0.29, 0.717) is 5.92 Å². The minimum atomic E-state index is 0.630. The minimum absolute atomic E-state index is 0.630. The number of nitrogens with zero attached hydrogens (tertiary/aromatic N) is 2. The third kappa shape index (κ3) is 3.12. The van der Waals surface area contributed by atoms with Crippen molar-refractivity contribution in [1.29, 1.82) is 0 Å². The molecule has 2 nitrogen and oxygen atoms in total. The Hall–Kier alpha value is -1.57. The molecule has 1 aromatic carbocycles. The molecule has 0 saturated carbocycles. The molecule has 0 fully saturated rings. The third-order valence-electron chi connectivity index (χ3n) is 4.04. The maximum Gasteiger partial charge on any atom is 0.0683 e. The molecule has 1 aromatic heterocycles. The summed E-state index contributed by atoms with van der Waals surface area (Å²) in [5, 5.41) is 4.61. The number of rotatable bonds is 6. The van der Waals surface area contributed by atoms with E-state index in [-0.39, 0.29) is 0 Å². The molecule has 0 aliphatic carbocycles. The summed E-state index contributed by atoms with van der Waals surface area (Å²) in [5.41, 5.74) is 5.15. The Labute approximate surface area is 122 Å². The molecule has 1 heterocycles. The molecule has 1 atom stereocenters. The van der Waals surface area contributed by atoms with Crippen molar-refractivity contribution in [2.45, 2.75) is 59.3 Å². The van der Waals surface area contributed by atoms with Gasteiger partial charge in [-0.05, 0) is 55.4 Å². The fourth-order valence-electron chi connectivity index (χ4n) is 2.83. The highest BCUT2D eigenvalue weighted by Crippen LogP contribution is 2.30. The Bertz CT molecular complexity index is 554. The van der Waals surface area contributed by atoms with Crippen molar-refractivity contribution in [2.75, 3.05) is 0 Å². The zero-order valence-electron chi connectivity index (χ0n) is 13.2. The molecule has 0 saturated heterocycles. The van der Waals surface area contributed by atoms with Crippen molar-refractivity contribution >= 4 is 0 Å². The van der Waals surface area contributed by atoms with Crippen LogP contribution < -0.4 is 0 Å². The number of aryl methyl sites for hydroxylation is 2. The van der Waals surface area contributed by atoms with Gasteiger partial charge in [0.25, 0.3) is 0 Å². The van der Waals surface area contributed by atoms with Crippen LogP contribution in [0.3, 0.4) is 0 Å². The topological polar surface area (TPSA) is 17.8 Å². The van der Waals surface area contributed by atoms with E-state index >= 15 is 0 Å². The summed E-state index contributed by atoms with van der Waals surface area (Å²) in [7, 11) is 0. The van der Waals surface area contributed by atoms with Crippen LogP contribution in [0.2, 0.25) is 0 Å². The lowest BCUT2D eigenvalue weighted by Gasteiger charge is -2.19. The van der Waals surface area contributed by atoms with Gasteiger partial charge in [0.05, 0.1) is 11.4 Å². The largest absolute Gasteiger partial charge is 0.240 e. The summed E-state index contributed by atoms with van der Waals surface area (Å²) in [6, 6.07) is 8.96. The van der Waals surface area contributed by atoms with Crippen LogP contribution in [0, 0.1) is 6.92 Å². The number of benzene rings is 1. The Kier molecular flexibility index (Phi) is 4.99. The highest BCUT2D eigenvalue weighted by Gasteiger charge is 2.15. The molecule has 2 heteroatoms. The van der Waals surface area contributed by atoms with Gasteiger partial charge in [-0.25, -0.2) is 4.68 Å². The minimum Gasteiger partial charge on any atom is -0.240 e. The Morgan fingerprint density at radius 1 is 1.15 bits per heavy atom. The zero-order valence-corrected chi connectivity index (χ0v) is 13.2. The normalized spacial score (nSPS) is 12.6. The van der Waals surface area contributed by atoms with Crippen LogP contribution in [-0.4, -0.2) is 9.78 Å². The first-order valence-electron chi connectivity index (χ1n) is 7.85. The van der Waals surface area contributed by atoms with E-state index in [1.165, 1.54) is 36.1 Å². The Balaban J connectivity index is 2.50. The van der Waals surface area contributed by atoms with Crippen molar-refractivity contribution in [3.8, 4) is 5.69 Å². The Morgan fingerprint density at radius 2 is 1.95 bits per heavy atom. The van der Waals surface area contributed by atoms with Gasteiger partial charge in [0.1, 0.15) is 0 Å². The molecule has 0 radical (unpaired) electrons. The van der Waals surface area contributed by atoms with Gasteiger partial charge in [-0.2, -0.15) is 5.10 Å². The lowest BCUT2D eigenvalue weighted by atomic mass is 9.90. The van der Waals surface area contributed by atoms with Gasteiger partial charge in [0, 0.05) is 6.20 Å². The smallest absolute Gasteiger partial charge is 0.0683 e. The summed E-state index contributed by atoms with van der Waals surface area (Å²) in [6.07, 6.45) is 6.80. The first kappa shape index (κ1) is 14.8. The highest BCUT2D eigenvalue weighted by molar-refractivity contribution is 5.45. The van der Waals surface area contributed by atoms with Gasteiger partial charge in [-0.15, -0.1) is 0 Å². The van der Waals surface area contributed by atoms with Crippen LogP contribution >= 0.6 is 0 Å². The van der Waals surface area contributed by atoms with Crippen LogP contribution in [0.4, 0.5) is 0 Å². The van der Waals surface area contributed by atoms with Crippen molar-refractivity contribution in [3.63, 3.8) is 0 Å². The predicted molar refractivity (Wildman–Crippen MR) is 85.6 cm³/mol. The molecule has 20 heavy (non-hydrogen) atoms. The van der Waals surface area contributed by atoms with Crippen LogP contribution in [0.5, 0.6) is 0 Å². The molecule has 0 aliphatic rings. The molecule has 0 spiro atoms. The molecule has 108 valence electrons. The standard InChI is InChI=1S/C18H26N2/c1-5-8-16(7-3)17-10-9-15(6-2)13-18(17)20-12-11-14(4)19-20/h9-13,16H,5-8H2,1-4H3. The lowest BCUT2D eigenvalue weighted by molar-refractivity contribution is 0.590. The van der Waals surface area contributed by atoms with Crippen molar-refractivity contribution in [2.24, 2.45) is 0 Å². The van der Waals surface area contributed by atoms with Crippen LogP contribution in [0.1, 0.15) is 62.8 Å². The van der Waals surface area contributed by atoms with Gasteiger partial charge < -0.3 is 0 Å². The van der Waals surface area contributed by atoms with E-state index in [2.05, 4.69) is 56.3 Å². The van der Waals surface area contributed by atoms with Crippen LogP contribution in [0.15, 0.2) is 30.5 Å². The molecule has 0 bridgehead atoms. The monoisotopic (exact) mass is 270 g/mol. The van der Waals surface area contributed by atoms with Crippen molar-refractivity contribution in [1.82, 2.24) is 9.78 Å². The molecular formula is C18H26N2. The number of hydrogen-bond donors (Lipinski definition) is 0. The molecule has 0 N–H and O–H groups in total. The third-order valence-corrected chi connectivity index (χ3v) is 4.04. The molecular weight excluding hydrogens is 244 g/mol. The molecule has 2 rings (SSSR count). The average molecular weight is 270 g/mol. The van der Waals surface area contributed by atoms with E-state index in [0.717, 1.165) is 12.1 Å². The first-order chi connectivity index (χ1) is 9.69. The van der Waals surface area contributed by atoms with Gasteiger partial charge in [0.2, 0.25) is 0 Å². The van der Waals surface area contributed by atoms with E-state index in [1.807, 2.05) is 11.6 Å². The summed E-state index contributed by atoms with van der Waals surface area (Å²) in [4.78, 5) is 0. The predicted octanol–water partition coefficient (Wildman–Crippen LogP) is 5.04. The summed E-state index contributed by atoms with van der Waals surface area (Å²) < 4.78 is 2.04. The van der Waals surface area contributed by atoms with Gasteiger partial charge in [-0.3, -0.25) is 0 Å². The van der Waals surface area contributed by atoms with Crippen LogP contribution in [0.25, 0.3) is 5.69 Å². The highest BCUT2D eigenvalue weighted by atomic mass is 15.3. The van der Waals surface area contributed by atoms with Gasteiger partial charge in [-0.1, -0.05) is 39.3 Å². The van der Waals surface area contributed by atoms with Crippen LogP contribution in [-0.2, 0) is 6.42 Å². The van der Waals surface area contributed by atoms with Gasteiger partial charge in [0.15, 0.2) is 0 Å². The van der Waals surface area contributed by atoms with E-state index in [1.54, 1.807) is 0 Å². The maximum atomic E-state index is 4.61. The second kappa shape index (κ2) is 6.74. The fraction of sp³-hybridized carbons (Fsp3) is 0.500. The lowest BCUT2D eigenvalue weighted by Crippen LogP contribution is -2.06. The first-order valence-corrected chi connectivity index (χ1v) is 7.85. The molecule has 1 unspecified atom stereocenters. The van der Waals surface area contributed by atoms with E-state index in [9.17, 15) is 0 Å². The molecule has 0 amide bonds. The zero-order chi connectivity index (χ0) is 14.5. The van der Waals surface area contributed by atoms with Crippen molar-refractivity contribution in [3.05, 3.63) is 47.3 Å². The summed E-state index contributed by atoms with van der Waals surface area (Å²) in [6.45, 7) is 8.80. The SMILES string of the molecule is CCCC(CC)c1ccc(CC)cc1-n1ccc(C)n1. The molecule has 0 aliphatic heterocycles. The Morgan fingerprint density at radius 3 is 2.50 bits per heavy atom. The van der Waals surface area contributed by atoms with Crippen molar-refractivity contribution < 1.29 is 0 Å². The fourth-order valence-corrected chi connectivity index (χ4v) is 2.83. The number of aromatic nitrogens is 2. The summed E-state index contributed by atoms with van der Waals surface area (Å²) >= 11 is 0. The summed E-state index contributed by atoms with van der Waals surface area (Å²) in [5.74, 6) is 0.630. The maximum absolute atomic E-state index is 4.61. The average Bonchev–Trinajstić information content (AvgIpc) is 2.90. The molecule has 2 aromatic rings. The van der Waals surface area contributed by atoms with E-state index in [4.69, 9.17) is 0 Å².